The van der Waals surface area contributed by atoms with E-state index in [0.717, 1.165) is 12.0 Å². The summed E-state index contributed by atoms with van der Waals surface area (Å²) >= 11 is 0. The van der Waals surface area contributed by atoms with E-state index in [-0.39, 0.29) is 54.2 Å². The van der Waals surface area contributed by atoms with Crippen molar-refractivity contribution < 1.29 is 38.2 Å². The Balaban J connectivity index is 2.29. The molecule has 0 spiro atoms. The number of methoxy groups -OCH3 is 3. The number of esters is 1. The summed E-state index contributed by atoms with van der Waals surface area (Å²) in [5.74, 6) is 3.20. The minimum atomic E-state index is -0.895. The molecule has 14 nitrogen and oxygen atoms in total. The van der Waals surface area contributed by atoms with Crippen molar-refractivity contribution in [3.05, 3.63) is 35.9 Å². The van der Waals surface area contributed by atoms with Crippen LogP contribution < -0.4 is 16.5 Å². The molecule has 2 rings (SSSR count). The number of likely N-dealkylation sites (N-methyl/N-ethyl adjacent to an activating group) is 2. The number of ether oxygens (including phenoxy) is 3. The van der Waals surface area contributed by atoms with Crippen molar-refractivity contribution in [1.29, 1.82) is 0 Å². The van der Waals surface area contributed by atoms with E-state index in [4.69, 9.17) is 20.1 Å². The van der Waals surface area contributed by atoms with Crippen LogP contribution in [0.25, 0.3) is 0 Å². The largest absolute Gasteiger partial charge is 0.467 e. The lowest BCUT2D eigenvalue weighted by Gasteiger charge is -2.41. The average molecular weight is 761 g/mol. The Bertz CT molecular complexity index is 1350. The fraction of sp³-hybridized carbons (Fsp3) is 0.725. The number of hydrazine groups is 1. The van der Waals surface area contributed by atoms with Gasteiger partial charge in [-0.2, -0.15) is 0 Å². The molecule has 0 radical (unpaired) electrons. The van der Waals surface area contributed by atoms with Crippen molar-refractivity contribution in [2.75, 3.05) is 42.0 Å². The van der Waals surface area contributed by atoms with Gasteiger partial charge in [-0.05, 0) is 36.2 Å². The first-order chi connectivity index (χ1) is 25.4. The van der Waals surface area contributed by atoms with Crippen molar-refractivity contribution in [2.24, 2.45) is 29.5 Å². The Labute approximate surface area is 323 Å². The van der Waals surface area contributed by atoms with Crippen LogP contribution in [0.3, 0.4) is 0 Å². The van der Waals surface area contributed by atoms with Gasteiger partial charge >= 0.3 is 5.97 Å². The maximum Gasteiger partial charge on any atom is 0.328 e. The van der Waals surface area contributed by atoms with Crippen molar-refractivity contribution >= 4 is 29.6 Å². The summed E-state index contributed by atoms with van der Waals surface area (Å²) in [4.78, 5) is 71.4. The summed E-state index contributed by atoms with van der Waals surface area (Å²) < 4.78 is 16.9. The van der Waals surface area contributed by atoms with Crippen molar-refractivity contribution in [2.45, 2.75) is 123 Å². The molecule has 9 atom stereocenters. The third kappa shape index (κ3) is 12.2. The van der Waals surface area contributed by atoms with E-state index in [9.17, 15) is 24.0 Å². The topological polar surface area (TPSA) is 173 Å². The highest BCUT2D eigenvalue weighted by Gasteiger charge is 2.43. The molecule has 4 N–H and O–H groups in total. The molecule has 1 fully saturated rings. The molecule has 54 heavy (non-hydrogen) atoms. The van der Waals surface area contributed by atoms with Crippen LogP contribution in [0, 0.1) is 23.7 Å². The van der Waals surface area contributed by atoms with E-state index < -0.39 is 54.3 Å². The standard InChI is InChI=1S/C40H68N6O8/c1-13-26(6)35(44(8)39(50)33(24(2)3)43-38(49)34(25(4)5)45(9)41)31(52-10)23-32(47)46-21-17-20-30(46)36(53-11)27(7)37(48)42-29(40(51)54-12)22-28-18-15-14-16-19-28/h14-16,18-19,24-27,29-31,33-36H,13,17,20-23,41H2,1-12H3,(H,42,48)(H,43,49)/t26?,27-,29?,30+,31-,33+,34+,35+,36-/m1/s1. The van der Waals surface area contributed by atoms with E-state index in [1.807, 2.05) is 71.9 Å². The highest BCUT2D eigenvalue weighted by Crippen LogP contribution is 2.30. The van der Waals surface area contributed by atoms with Crippen molar-refractivity contribution in [3.63, 3.8) is 0 Å². The number of nitrogens with two attached hydrogens (primary N) is 1. The van der Waals surface area contributed by atoms with Crippen LogP contribution in [-0.2, 0) is 44.6 Å². The van der Waals surface area contributed by atoms with Crippen LogP contribution in [0.4, 0.5) is 0 Å². The van der Waals surface area contributed by atoms with Crippen LogP contribution in [0.5, 0.6) is 0 Å². The molecule has 14 heteroatoms. The Kier molecular flexibility index (Phi) is 19.0. The van der Waals surface area contributed by atoms with Gasteiger partial charge in [0.1, 0.15) is 18.1 Å². The second kappa shape index (κ2) is 22.1. The summed E-state index contributed by atoms with van der Waals surface area (Å²) in [5.41, 5.74) is 0.871. The molecule has 2 unspecified atom stereocenters. The summed E-state index contributed by atoms with van der Waals surface area (Å²) in [6.07, 6.45) is 0.999. The van der Waals surface area contributed by atoms with Gasteiger partial charge in [0.2, 0.25) is 23.6 Å². The first-order valence-electron chi connectivity index (χ1n) is 19.3. The SMILES string of the molecule is CCC(C)[C@@H]([C@@H](CC(=O)N1CCC[C@H]1[C@H](OC)[C@@H](C)C(=O)NC(Cc1ccccc1)C(=O)OC)OC)N(C)C(=O)[C@@H](NC(=O)[C@H](C(C)C)N(C)N)C(C)C. The van der Waals surface area contributed by atoms with Gasteiger partial charge < -0.3 is 34.6 Å². The maximum absolute atomic E-state index is 14.2. The number of rotatable bonds is 21. The molecule has 4 amide bonds. The molecule has 0 aliphatic carbocycles. The number of carbonyl (C=O) groups is 5. The molecular formula is C40H68N6O8. The van der Waals surface area contributed by atoms with Crippen LogP contribution >= 0.6 is 0 Å². The predicted molar refractivity (Wildman–Crippen MR) is 208 cm³/mol. The van der Waals surface area contributed by atoms with Gasteiger partial charge in [0.05, 0.1) is 43.7 Å². The highest BCUT2D eigenvalue weighted by atomic mass is 16.5. The van der Waals surface area contributed by atoms with Gasteiger partial charge in [0, 0.05) is 41.3 Å². The molecule has 1 aromatic rings. The zero-order chi connectivity index (χ0) is 40.9. The van der Waals surface area contributed by atoms with Gasteiger partial charge in [-0.25, -0.2) is 9.80 Å². The normalized spacial score (nSPS) is 19.0. The van der Waals surface area contributed by atoms with E-state index >= 15 is 0 Å². The Morgan fingerprint density at radius 3 is 2.04 bits per heavy atom. The maximum atomic E-state index is 14.2. The Morgan fingerprint density at radius 2 is 1.54 bits per heavy atom. The summed E-state index contributed by atoms with van der Waals surface area (Å²) in [6.45, 7) is 13.8. The molecule has 1 aliphatic rings. The first kappa shape index (κ1) is 46.6. The fourth-order valence-corrected chi connectivity index (χ4v) is 7.72. The monoisotopic (exact) mass is 761 g/mol. The lowest BCUT2D eigenvalue weighted by molar-refractivity contribution is -0.149. The van der Waals surface area contributed by atoms with E-state index in [1.54, 1.807) is 30.8 Å². The number of amides is 4. The van der Waals surface area contributed by atoms with Gasteiger partial charge in [-0.1, -0.05) is 85.2 Å². The number of carbonyl (C=O) groups excluding carboxylic acids is 5. The molecule has 0 aromatic heterocycles. The van der Waals surface area contributed by atoms with Gasteiger partial charge in [-0.15, -0.1) is 0 Å². The molecule has 1 aromatic carbocycles. The lowest BCUT2D eigenvalue weighted by Crippen LogP contribution is -2.60. The summed E-state index contributed by atoms with van der Waals surface area (Å²) in [5, 5.41) is 7.16. The number of nitrogens with zero attached hydrogens (tertiary/aromatic N) is 3. The number of benzene rings is 1. The molecule has 0 saturated carbocycles. The van der Waals surface area contributed by atoms with E-state index in [0.29, 0.717) is 19.4 Å². The first-order valence-corrected chi connectivity index (χ1v) is 19.3. The second-order valence-electron chi connectivity index (χ2n) is 15.4. The van der Waals surface area contributed by atoms with Crippen LogP contribution in [-0.4, -0.2) is 129 Å². The molecule has 1 saturated heterocycles. The number of hydrogen-bond acceptors (Lipinski definition) is 10. The molecule has 306 valence electrons. The molecule has 0 bridgehead atoms. The quantitative estimate of drug-likeness (QED) is 0.0962. The van der Waals surface area contributed by atoms with Crippen LogP contribution in [0.2, 0.25) is 0 Å². The number of nitrogens with one attached hydrogen (secondary N) is 2. The smallest absolute Gasteiger partial charge is 0.328 e. The predicted octanol–water partition coefficient (Wildman–Crippen LogP) is 2.78. The zero-order valence-electron chi connectivity index (χ0n) is 34.7. The summed E-state index contributed by atoms with van der Waals surface area (Å²) in [6, 6.07) is 6.13. The van der Waals surface area contributed by atoms with E-state index in [2.05, 4.69) is 10.6 Å². The number of likely N-dealkylation sites (tertiary alicyclic amines) is 1. The fourth-order valence-electron chi connectivity index (χ4n) is 7.72. The van der Waals surface area contributed by atoms with Crippen molar-refractivity contribution in [1.82, 2.24) is 25.4 Å². The molecule has 1 heterocycles. The van der Waals surface area contributed by atoms with Crippen LogP contribution in [0.1, 0.15) is 79.7 Å². The zero-order valence-corrected chi connectivity index (χ0v) is 34.7. The third-order valence-electron chi connectivity index (χ3n) is 10.9. The highest BCUT2D eigenvalue weighted by molar-refractivity contribution is 5.90. The minimum absolute atomic E-state index is 0.00970. The minimum Gasteiger partial charge on any atom is -0.467 e. The molecular weight excluding hydrogens is 692 g/mol. The Hall–Kier alpha value is -3.59. The molecule has 1 aliphatic heterocycles. The van der Waals surface area contributed by atoms with E-state index in [1.165, 1.54) is 26.3 Å². The third-order valence-corrected chi connectivity index (χ3v) is 10.9. The summed E-state index contributed by atoms with van der Waals surface area (Å²) in [7, 11) is 7.67. The second-order valence-corrected chi connectivity index (χ2v) is 15.4. The van der Waals surface area contributed by atoms with Gasteiger partial charge in [0.25, 0.3) is 0 Å². The van der Waals surface area contributed by atoms with Crippen LogP contribution in [0.15, 0.2) is 30.3 Å². The Morgan fingerprint density at radius 1 is 0.907 bits per heavy atom. The average Bonchev–Trinajstić information content (AvgIpc) is 3.62. The lowest BCUT2D eigenvalue weighted by atomic mass is 9.89. The van der Waals surface area contributed by atoms with Gasteiger partial charge in [-0.3, -0.25) is 25.0 Å². The number of hydrogen-bond donors (Lipinski definition) is 3. The van der Waals surface area contributed by atoms with Crippen molar-refractivity contribution in [3.8, 4) is 0 Å². The van der Waals surface area contributed by atoms with Gasteiger partial charge in [0.15, 0.2) is 0 Å².